The minimum absolute atomic E-state index is 0.0915. The van der Waals surface area contributed by atoms with E-state index in [4.69, 9.17) is 4.74 Å². The Hall–Kier alpha value is -2.15. The number of aromatic nitrogens is 2. The number of nitrogens with zero attached hydrogens (tertiary/aromatic N) is 4. The van der Waals surface area contributed by atoms with Gasteiger partial charge >= 0.3 is 0 Å². The van der Waals surface area contributed by atoms with Gasteiger partial charge in [-0.3, -0.25) is 4.79 Å². The largest absolute Gasteiger partial charge is 0.478 e. The number of carbonyl (C=O) groups excluding carboxylic acids is 1. The van der Waals surface area contributed by atoms with Crippen LogP contribution >= 0.6 is 11.3 Å². The summed E-state index contributed by atoms with van der Waals surface area (Å²) in [4.78, 5) is 26.4. The molecule has 1 fully saturated rings. The lowest BCUT2D eigenvalue weighted by Crippen LogP contribution is -2.49. The molecule has 7 heteroatoms. The third-order valence-corrected chi connectivity index (χ3v) is 5.05. The molecule has 0 unspecified atom stereocenters. The van der Waals surface area contributed by atoms with Crippen molar-refractivity contribution in [2.45, 2.75) is 20.8 Å². The highest BCUT2D eigenvalue weighted by Gasteiger charge is 2.25. The normalized spacial score (nSPS) is 14.8. The van der Waals surface area contributed by atoms with Crippen LogP contribution in [0.3, 0.4) is 0 Å². The first-order valence-corrected chi connectivity index (χ1v) is 8.98. The van der Waals surface area contributed by atoms with Crippen LogP contribution in [0.25, 0.3) is 0 Å². The molecule has 2 aromatic heterocycles. The second kappa shape index (κ2) is 7.17. The van der Waals surface area contributed by atoms with Gasteiger partial charge in [-0.2, -0.15) is 4.98 Å². The predicted molar refractivity (Wildman–Crippen MR) is 95.1 cm³/mol. The summed E-state index contributed by atoms with van der Waals surface area (Å²) in [5.41, 5.74) is 0.830. The summed E-state index contributed by atoms with van der Waals surface area (Å²) < 4.78 is 5.46. The van der Waals surface area contributed by atoms with Crippen LogP contribution in [0.4, 0.5) is 5.82 Å². The summed E-state index contributed by atoms with van der Waals surface area (Å²) in [7, 11) is 0. The molecule has 24 heavy (non-hydrogen) atoms. The van der Waals surface area contributed by atoms with Crippen LogP contribution in [-0.4, -0.2) is 53.6 Å². The fourth-order valence-electron chi connectivity index (χ4n) is 2.82. The van der Waals surface area contributed by atoms with Gasteiger partial charge in [-0.25, -0.2) is 4.98 Å². The first-order valence-electron chi connectivity index (χ1n) is 8.16. The first kappa shape index (κ1) is 16.7. The highest BCUT2D eigenvalue weighted by atomic mass is 32.1. The van der Waals surface area contributed by atoms with E-state index in [0.29, 0.717) is 25.6 Å². The summed E-state index contributed by atoms with van der Waals surface area (Å²) in [5.74, 6) is 1.64. The van der Waals surface area contributed by atoms with Crippen molar-refractivity contribution in [2.75, 3.05) is 37.7 Å². The summed E-state index contributed by atoms with van der Waals surface area (Å²) in [6.45, 7) is 9.30. The molecule has 1 saturated heterocycles. The van der Waals surface area contributed by atoms with E-state index in [0.717, 1.165) is 34.5 Å². The van der Waals surface area contributed by atoms with Crippen molar-refractivity contribution in [3.05, 3.63) is 33.8 Å². The molecule has 2 aromatic rings. The molecule has 0 spiro atoms. The van der Waals surface area contributed by atoms with Crippen LogP contribution in [0.15, 0.2) is 18.2 Å². The van der Waals surface area contributed by atoms with Crippen LogP contribution in [0, 0.1) is 13.8 Å². The number of carbonyl (C=O) groups is 1. The average molecular weight is 346 g/mol. The first-order chi connectivity index (χ1) is 11.6. The van der Waals surface area contributed by atoms with E-state index < -0.39 is 0 Å². The number of rotatable bonds is 4. The monoisotopic (exact) mass is 346 g/mol. The van der Waals surface area contributed by atoms with E-state index >= 15 is 0 Å². The van der Waals surface area contributed by atoms with E-state index in [2.05, 4.69) is 14.9 Å². The molecule has 128 valence electrons. The minimum Gasteiger partial charge on any atom is -0.478 e. The Bertz CT molecular complexity index is 723. The molecule has 0 aromatic carbocycles. The highest BCUT2D eigenvalue weighted by molar-refractivity contribution is 7.13. The van der Waals surface area contributed by atoms with Gasteiger partial charge in [0, 0.05) is 32.2 Å². The van der Waals surface area contributed by atoms with Crippen molar-refractivity contribution >= 4 is 23.1 Å². The Morgan fingerprint density at radius 1 is 1.21 bits per heavy atom. The molecule has 1 amide bonds. The van der Waals surface area contributed by atoms with Crippen molar-refractivity contribution in [1.82, 2.24) is 14.9 Å². The smallest absolute Gasteiger partial charge is 0.265 e. The molecule has 0 aliphatic carbocycles. The van der Waals surface area contributed by atoms with Gasteiger partial charge in [0.2, 0.25) is 5.88 Å². The average Bonchev–Trinajstić information content (AvgIpc) is 2.93. The van der Waals surface area contributed by atoms with Crippen LogP contribution < -0.4 is 9.64 Å². The topological polar surface area (TPSA) is 58.6 Å². The number of piperazine rings is 1. The van der Waals surface area contributed by atoms with E-state index in [9.17, 15) is 4.79 Å². The minimum atomic E-state index is 0.0915. The predicted octanol–water partition coefficient (Wildman–Crippen LogP) is 2.52. The number of amides is 1. The lowest BCUT2D eigenvalue weighted by molar-refractivity contribution is 0.0750. The van der Waals surface area contributed by atoms with Gasteiger partial charge in [0.15, 0.2) is 0 Å². The lowest BCUT2D eigenvalue weighted by atomic mass is 10.2. The Morgan fingerprint density at radius 2 is 1.96 bits per heavy atom. The molecule has 0 atom stereocenters. The zero-order valence-electron chi connectivity index (χ0n) is 14.3. The second-order valence-electron chi connectivity index (χ2n) is 5.69. The Balaban J connectivity index is 1.64. The number of thiazole rings is 1. The van der Waals surface area contributed by atoms with Gasteiger partial charge in [0.25, 0.3) is 5.91 Å². The number of anilines is 1. The molecular weight excluding hydrogens is 324 g/mol. The number of ether oxygens (including phenoxy) is 1. The summed E-state index contributed by atoms with van der Waals surface area (Å²) in [6.07, 6.45) is 0. The van der Waals surface area contributed by atoms with Crippen LogP contribution in [-0.2, 0) is 0 Å². The maximum atomic E-state index is 12.7. The third kappa shape index (κ3) is 3.51. The Kier molecular flexibility index (Phi) is 4.99. The SMILES string of the molecule is CCOc1cccc(N2CCN(C(=O)c3sc(C)nc3C)CC2)n1. The number of hydrogen-bond acceptors (Lipinski definition) is 6. The number of hydrogen-bond donors (Lipinski definition) is 0. The highest BCUT2D eigenvalue weighted by Crippen LogP contribution is 2.22. The standard InChI is InChI=1S/C17H22N4O2S/c1-4-23-15-7-5-6-14(19-15)20-8-10-21(11-9-20)17(22)16-12(2)18-13(3)24-16/h5-7H,4,8-11H2,1-3H3. The van der Waals surface area contributed by atoms with Crippen molar-refractivity contribution in [3.8, 4) is 5.88 Å². The molecule has 1 aliphatic heterocycles. The summed E-state index contributed by atoms with van der Waals surface area (Å²) >= 11 is 1.48. The van der Waals surface area contributed by atoms with E-state index in [-0.39, 0.29) is 5.91 Å². The van der Waals surface area contributed by atoms with Crippen molar-refractivity contribution in [2.24, 2.45) is 0 Å². The quantitative estimate of drug-likeness (QED) is 0.851. The molecule has 0 N–H and O–H groups in total. The summed E-state index contributed by atoms with van der Waals surface area (Å²) in [5, 5.41) is 0.937. The van der Waals surface area contributed by atoms with E-state index in [1.807, 2.05) is 43.9 Å². The van der Waals surface area contributed by atoms with Crippen molar-refractivity contribution < 1.29 is 9.53 Å². The zero-order valence-corrected chi connectivity index (χ0v) is 15.1. The van der Waals surface area contributed by atoms with E-state index in [1.165, 1.54) is 11.3 Å². The van der Waals surface area contributed by atoms with E-state index in [1.54, 1.807) is 0 Å². The molecular formula is C17H22N4O2S. The van der Waals surface area contributed by atoms with Crippen LogP contribution in [0.1, 0.15) is 27.3 Å². The molecule has 6 nitrogen and oxygen atoms in total. The Labute approximate surface area is 146 Å². The van der Waals surface area contributed by atoms with Crippen molar-refractivity contribution in [1.29, 1.82) is 0 Å². The maximum absolute atomic E-state index is 12.7. The van der Waals surface area contributed by atoms with Gasteiger partial charge in [0.05, 0.1) is 17.3 Å². The molecule has 0 bridgehead atoms. The van der Waals surface area contributed by atoms with Gasteiger partial charge < -0.3 is 14.5 Å². The third-order valence-electron chi connectivity index (χ3n) is 3.99. The number of pyridine rings is 1. The second-order valence-corrected chi connectivity index (χ2v) is 6.90. The van der Waals surface area contributed by atoms with Crippen molar-refractivity contribution in [3.63, 3.8) is 0 Å². The molecule has 3 rings (SSSR count). The molecule has 0 saturated carbocycles. The lowest BCUT2D eigenvalue weighted by Gasteiger charge is -2.35. The van der Waals surface area contributed by atoms with Crippen LogP contribution in [0.2, 0.25) is 0 Å². The van der Waals surface area contributed by atoms with Gasteiger partial charge in [0.1, 0.15) is 10.7 Å². The fourth-order valence-corrected chi connectivity index (χ4v) is 3.71. The molecule has 3 heterocycles. The molecule has 1 aliphatic rings. The number of aryl methyl sites for hydroxylation is 2. The zero-order chi connectivity index (χ0) is 17.1. The Morgan fingerprint density at radius 3 is 2.58 bits per heavy atom. The fraction of sp³-hybridized carbons (Fsp3) is 0.471. The van der Waals surface area contributed by atoms with Gasteiger partial charge in [-0.05, 0) is 26.8 Å². The van der Waals surface area contributed by atoms with Gasteiger partial charge in [-0.15, -0.1) is 11.3 Å². The van der Waals surface area contributed by atoms with Gasteiger partial charge in [-0.1, -0.05) is 6.07 Å². The molecule has 0 radical (unpaired) electrons. The summed E-state index contributed by atoms with van der Waals surface area (Å²) in [6, 6.07) is 5.80. The van der Waals surface area contributed by atoms with Crippen LogP contribution in [0.5, 0.6) is 5.88 Å². The maximum Gasteiger partial charge on any atom is 0.265 e.